The lowest BCUT2D eigenvalue weighted by atomic mass is 9.98. The molecule has 0 saturated carbocycles. The van der Waals surface area contributed by atoms with Crippen molar-refractivity contribution in [2.24, 2.45) is 0 Å². The molecular weight excluding hydrogens is 759 g/mol. The molecule has 0 radical (unpaired) electrons. The predicted octanol–water partition coefficient (Wildman–Crippen LogP) is 6.00. The highest BCUT2D eigenvalue weighted by Crippen LogP contribution is 2.44. The molecule has 0 unspecified atom stereocenters. The molecule has 7 aromatic rings. The van der Waals surface area contributed by atoms with Gasteiger partial charge in [0.15, 0.2) is 17.9 Å². The van der Waals surface area contributed by atoms with Crippen molar-refractivity contribution in [2.75, 3.05) is 25.4 Å². The van der Waals surface area contributed by atoms with Gasteiger partial charge in [-0.05, 0) is 45.5 Å². The van der Waals surface area contributed by atoms with Gasteiger partial charge in [-0.3, -0.25) is 4.79 Å². The first kappa shape index (κ1) is 37.9. The summed E-state index contributed by atoms with van der Waals surface area (Å²) in [6.45, 7) is -0.343. The van der Waals surface area contributed by atoms with Crippen molar-refractivity contribution in [2.45, 2.75) is 30.5 Å². The molecule has 9 rings (SSSR count). The minimum Gasteiger partial charge on any atom is -0.451 e. The number of amides is 2. The zero-order chi connectivity index (χ0) is 41.2. The highest BCUT2D eigenvalue weighted by molar-refractivity contribution is 5.91. The summed E-state index contributed by atoms with van der Waals surface area (Å²) in [7, 11) is 0. The molecule has 1 aliphatic carbocycles. The number of carbonyl (C=O) groups excluding carboxylic acids is 4. The van der Waals surface area contributed by atoms with E-state index in [1.807, 2.05) is 103 Å². The molecule has 13 heteroatoms. The first-order valence-electron chi connectivity index (χ1n) is 19.7. The quantitative estimate of drug-likeness (QED) is 0.125. The summed E-state index contributed by atoms with van der Waals surface area (Å²) in [5.74, 6) is -1.57. The first-order chi connectivity index (χ1) is 29.4. The van der Waals surface area contributed by atoms with Crippen molar-refractivity contribution in [3.8, 4) is 11.1 Å². The maximum absolute atomic E-state index is 14.5. The van der Waals surface area contributed by atoms with Gasteiger partial charge in [0, 0.05) is 12.3 Å². The Hall–Kier alpha value is -7.67. The van der Waals surface area contributed by atoms with Crippen LogP contribution < -0.4 is 15.6 Å². The van der Waals surface area contributed by atoms with Crippen LogP contribution in [0.3, 0.4) is 0 Å². The van der Waals surface area contributed by atoms with E-state index in [9.17, 15) is 19.2 Å². The number of alkyl carbamates (subject to hydrolysis) is 1. The topological polar surface area (TPSA) is 163 Å². The maximum atomic E-state index is 14.5. The number of imidazole rings is 1. The lowest BCUT2D eigenvalue weighted by Gasteiger charge is -2.26. The molecule has 2 atom stereocenters. The number of hydrogen-bond donors (Lipinski definition) is 2. The van der Waals surface area contributed by atoms with E-state index in [1.54, 1.807) is 28.8 Å². The Labute approximate surface area is 345 Å². The summed E-state index contributed by atoms with van der Waals surface area (Å²) in [5, 5.41) is 2.61. The highest BCUT2D eigenvalue weighted by atomic mass is 16.6. The molecule has 1 saturated heterocycles. The summed E-state index contributed by atoms with van der Waals surface area (Å²) in [5.41, 5.74) is 13.2. The summed E-state index contributed by atoms with van der Waals surface area (Å²) in [6.07, 6.45) is 1.46. The average Bonchev–Trinajstić information content (AvgIpc) is 4.03. The van der Waals surface area contributed by atoms with Crippen LogP contribution >= 0.6 is 0 Å². The van der Waals surface area contributed by atoms with Crippen LogP contribution in [0.2, 0.25) is 0 Å². The Kier molecular flexibility index (Phi) is 10.3. The summed E-state index contributed by atoms with van der Waals surface area (Å²) >= 11 is 0. The van der Waals surface area contributed by atoms with Crippen molar-refractivity contribution < 1.29 is 33.2 Å². The fourth-order valence-electron chi connectivity index (χ4n) is 8.34. The number of fused-ring (bicyclic) bond motifs is 4. The number of aromatic nitrogens is 4. The molecule has 3 N–H and O–H groups in total. The van der Waals surface area contributed by atoms with E-state index in [2.05, 4.69) is 27.4 Å². The van der Waals surface area contributed by atoms with Gasteiger partial charge in [0.1, 0.15) is 25.2 Å². The van der Waals surface area contributed by atoms with Gasteiger partial charge in [0.25, 0.3) is 5.65 Å². The van der Waals surface area contributed by atoms with Crippen molar-refractivity contribution in [3.05, 3.63) is 180 Å². The van der Waals surface area contributed by atoms with Gasteiger partial charge in [-0.2, -0.15) is 4.57 Å². The summed E-state index contributed by atoms with van der Waals surface area (Å²) < 4.78 is 15.1. The molecular formula is C47H40N7O6+. The standard InChI is InChI=1S/C47H39N7O6/c48-43-41-44(54(29-51-43)45(56)32-18-8-3-9-19-32)53(28-50-41)33-24-39(46(57)60-42(30-14-4-1-5-15-30)31-16-6-2-7-17-31)52(26-33)40(55)25-49-47(58)59-27-38-36-22-12-10-20-34(36)35-21-11-13-23-37(35)38/h1-23,28-29,33,38-39,42,48H,24-27H2,(H,49,58)/p+1/t33-,39-/m1/s1. The molecule has 5 aromatic carbocycles. The number of nitrogen functional groups attached to an aromatic ring is 1. The second-order valence-corrected chi connectivity index (χ2v) is 14.8. The van der Waals surface area contributed by atoms with Crippen LogP contribution in [0.25, 0.3) is 22.3 Å². The number of nitrogens with one attached hydrogen (secondary N) is 1. The fourth-order valence-corrected chi connectivity index (χ4v) is 8.34. The number of rotatable bonds is 10. The highest BCUT2D eigenvalue weighted by Gasteiger charge is 2.45. The average molecular weight is 799 g/mol. The SMILES string of the molecule is Nc1nc[n+](C(=O)c2ccccc2)c2c1ncn2[C@@H]1C[C@H](C(=O)OC(c2ccccc2)c2ccccc2)N(C(=O)CNC(=O)OCC2c3ccccc3-c3ccccc32)C1. The Morgan fingerprint density at radius 1 is 0.767 bits per heavy atom. The van der Waals surface area contributed by atoms with E-state index in [-0.39, 0.29) is 42.7 Å². The van der Waals surface area contributed by atoms with Crippen molar-refractivity contribution >= 4 is 40.9 Å². The van der Waals surface area contributed by atoms with E-state index in [0.717, 1.165) is 33.4 Å². The minimum absolute atomic E-state index is 0.0273. The molecule has 0 spiro atoms. The number of benzene rings is 5. The van der Waals surface area contributed by atoms with E-state index < -0.39 is 42.7 Å². The molecule has 60 heavy (non-hydrogen) atoms. The van der Waals surface area contributed by atoms with Crippen LogP contribution in [0.15, 0.2) is 152 Å². The number of carbonyl (C=O) groups is 4. The van der Waals surface area contributed by atoms with E-state index in [4.69, 9.17) is 15.2 Å². The van der Waals surface area contributed by atoms with Crippen molar-refractivity contribution in [1.29, 1.82) is 0 Å². The second kappa shape index (κ2) is 16.3. The Morgan fingerprint density at radius 2 is 1.35 bits per heavy atom. The smallest absolute Gasteiger partial charge is 0.407 e. The maximum Gasteiger partial charge on any atom is 0.407 e. The monoisotopic (exact) mass is 798 g/mol. The third-order valence-electron chi connectivity index (χ3n) is 11.2. The van der Waals surface area contributed by atoms with Crippen LogP contribution in [-0.4, -0.2) is 69.1 Å². The zero-order valence-electron chi connectivity index (χ0n) is 32.3. The van der Waals surface area contributed by atoms with Gasteiger partial charge in [-0.25, -0.2) is 23.9 Å². The van der Waals surface area contributed by atoms with Crippen LogP contribution in [0.1, 0.15) is 57.1 Å². The van der Waals surface area contributed by atoms with Crippen molar-refractivity contribution in [3.63, 3.8) is 0 Å². The minimum atomic E-state index is -1.07. The van der Waals surface area contributed by atoms with Crippen LogP contribution in [0.5, 0.6) is 0 Å². The van der Waals surface area contributed by atoms with Gasteiger partial charge >= 0.3 is 18.0 Å². The molecule has 2 amide bonds. The number of nitrogens with two attached hydrogens (primary N) is 1. The molecule has 1 aliphatic heterocycles. The van der Waals surface area contributed by atoms with E-state index in [0.29, 0.717) is 11.2 Å². The van der Waals surface area contributed by atoms with Gasteiger partial charge in [-0.1, -0.05) is 132 Å². The van der Waals surface area contributed by atoms with Crippen LogP contribution in [-0.2, 0) is 19.1 Å². The lowest BCUT2D eigenvalue weighted by molar-refractivity contribution is -0.549. The third-order valence-corrected chi connectivity index (χ3v) is 11.2. The zero-order valence-corrected chi connectivity index (χ0v) is 32.3. The molecule has 0 bridgehead atoms. The number of esters is 1. The van der Waals surface area contributed by atoms with Crippen LogP contribution in [0, 0.1) is 0 Å². The predicted molar refractivity (Wildman–Crippen MR) is 221 cm³/mol. The molecule has 2 aliphatic rings. The van der Waals surface area contributed by atoms with Crippen LogP contribution in [0.4, 0.5) is 10.6 Å². The molecule has 1 fully saturated rings. The number of hydrogen-bond acceptors (Lipinski definition) is 9. The number of anilines is 1. The van der Waals surface area contributed by atoms with E-state index in [1.165, 1.54) is 22.1 Å². The fraction of sp³-hybridized carbons (Fsp3) is 0.170. The van der Waals surface area contributed by atoms with Gasteiger partial charge in [0.05, 0.1) is 12.1 Å². The molecule has 3 heterocycles. The van der Waals surface area contributed by atoms with E-state index >= 15 is 0 Å². The molecule has 13 nitrogen and oxygen atoms in total. The summed E-state index contributed by atoms with van der Waals surface area (Å²) in [6, 6.07) is 41.9. The third kappa shape index (κ3) is 7.21. The van der Waals surface area contributed by atoms with Crippen molar-refractivity contribution in [1.82, 2.24) is 24.8 Å². The van der Waals surface area contributed by atoms with Gasteiger partial charge in [0.2, 0.25) is 18.1 Å². The largest absolute Gasteiger partial charge is 0.451 e. The normalized spacial score (nSPS) is 15.7. The number of ether oxygens (including phenoxy) is 2. The Balaban J connectivity index is 0.982. The Bertz CT molecular complexity index is 2640. The Morgan fingerprint density at radius 3 is 1.98 bits per heavy atom. The molecule has 298 valence electrons. The van der Waals surface area contributed by atoms with Gasteiger partial charge in [-0.15, -0.1) is 0 Å². The number of nitrogens with zero attached hydrogens (tertiary/aromatic N) is 5. The number of likely N-dealkylation sites (tertiary alicyclic amines) is 1. The second-order valence-electron chi connectivity index (χ2n) is 14.8. The first-order valence-corrected chi connectivity index (χ1v) is 19.7. The lowest BCUT2D eigenvalue weighted by Crippen LogP contribution is -2.46. The summed E-state index contributed by atoms with van der Waals surface area (Å²) in [4.78, 5) is 65.8. The van der Waals surface area contributed by atoms with Gasteiger partial charge < -0.3 is 25.4 Å². The molecule has 2 aromatic heterocycles.